The van der Waals surface area contributed by atoms with Crippen LogP contribution in [0.4, 0.5) is 0 Å². The highest BCUT2D eigenvalue weighted by atomic mass is 79.9. The van der Waals surface area contributed by atoms with Crippen LogP contribution in [0.2, 0.25) is 0 Å². The molecule has 2 atom stereocenters. The van der Waals surface area contributed by atoms with E-state index in [2.05, 4.69) is 38.4 Å². The Morgan fingerprint density at radius 1 is 1.47 bits per heavy atom. The van der Waals surface area contributed by atoms with Crippen LogP contribution in [-0.2, 0) is 0 Å². The maximum Gasteiger partial charge on any atom is 0.123 e. The molecule has 3 rings (SSSR count). The number of rotatable bonds is 1. The van der Waals surface area contributed by atoms with Crippen molar-refractivity contribution >= 4 is 21.5 Å². The number of nitriles is 1. The lowest BCUT2D eigenvalue weighted by Gasteiger charge is -2.36. The summed E-state index contributed by atoms with van der Waals surface area (Å²) in [5.41, 5.74) is 3.02. The fraction of sp³-hybridized carbons (Fsp3) is 0.467. The lowest BCUT2D eigenvalue weighted by molar-refractivity contribution is 0.278. The molecule has 0 unspecified atom stereocenters. The van der Waals surface area contributed by atoms with Gasteiger partial charge in [0.25, 0.3) is 0 Å². The average molecular weight is 318 g/mol. The fourth-order valence-electron chi connectivity index (χ4n) is 3.09. The van der Waals surface area contributed by atoms with Crippen LogP contribution < -0.4 is 5.32 Å². The summed E-state index contributed by atoms with van der Waals surface area (Å²) in [5, 5.41) is 12.7. The van der Waals surface area contributed by atoms with E-state index in [0.717, 1.165) is 30.9 Å². The van der Waals surface area contributed by atoms with Crippen molar-refractivity contribution < 1.29 is 0 Å². The van der Waals surface area contributed by atoms with E-state index in [0.29, 0.717) is 16.2 Å². The molecule has 1 fully saturated rings. The van der Waals surface area contributed by atoms with Crippen molar-refractivity contribution in [1.29, 1.82) is 5.26 Å². The Labute approximate surface area is 121 Å². The van der Waals surface area contributed by atoms with Gasteiger partial charge in [-0.2, -0.15) is 5.26 Å². The number of aromatic nitrogens is 1. The summed E-state index contributed by atoms with van der Waals surface area (Å²) in [5.74, 6) is 0.788. The van der Waals surface area contributed by atoms with Crippen molar-refractivity contribution in [2.45, 2.75) is 31.7 Å². The third-order valence-electron chi connectivity index (χ3n) is 4.16. The molecule has 4 heteroatoms. The van der Waals surface area contributed by atoms with Gasteiger partial charge in [-0.3, -0.25) is 0 Å². The molecule has 1 aliphatic carbocycles. The molecule has 0 amide bonds. The number of piperidine rings is 1. The van der Waals surface area contributed by atoms with Crippen LogP contribution >= 0.6 is 15.9 Å². The Morgan fingerprint density at radius 2 is 2.37 bits per heavy atom. The van der Waals surface area contributed by atoms with Crippen LogP contribution in [0.3, 0.4) is 0 Å². The Morgan fingerprint density at radius 3 is 3.21 bits per heavy atom. The van der Waals surface area contributed by atoms with Gasteiger partial charge in [-0.05, 0) is 71.3 Å². The van der Waals surface area contributed by atoms with E-state index in [-0.39, 0.29) is 0 Å². The van der Waals surface area contributed by atoms with Crippen molar-refractivity contribution in [2.24, 2.45) is 5.92 Å². The molecule has 2 heterocycles. The van der Waals surface area contributed by atoms with Gasteiger partial charge in [0.05, 0.1) is 5.56 Å². The quantitative estimate of drug-likeness (QED) is 0.809. The number of nitrogens with one attached hydrogen (secondary N) is 1. The molecule has 1 aromatic rings. The minimum absolute atomic E-state index is 0.600. The summed E-state index contributed by atoms with van der Waals surface area (Å²) in [4.78, 5) is 4.26. The van der Waals surface area contributed by atoms with Gasteiger partial charge >= 0.3 is 0 Å². The molecular weight excluding hydrogens is 302 g/mol. The van der Waals surface area contributed by atoms with E-state index in [4.69, 9.17) is 5.26 Å². The number of allylic oxidation sites excluding steroid dienone is 1. The molecule has 0 spiro atoms. The third-order valence-corrected chi connectivity index (χ3v) is 4.80. The predicted octanol–water partition coefficient (Wildman–Crippen LogP) is 3.26. The molecule has 0 radical (unpaired) electrons. The number of hydrogen-bond donors (Lipinski definition) is 1. The largest absolute Gasteiger partial charge is 0.313 e. The summed E-state index contributed by atoms with van der Waals surface area (Å²) >= 11 is 3.30. The maximum absolute atomic E-state index is 9.08. The van der Waals surface area contributed by atoms with E-state index in [1.165, 1.54) is 18.4 Å². The minimum Gasteiger partial charge on any atom is -0.313 e. The van der Waals surface area contributed by atoms with E-state index in [1.54, 1.807) is 0 Å². The van der Waals surface area contributed by atoms with Gasteiger partial charge in [0, 0.05) is 12.2 Å². The van der Waals surface area contributed by atoms with E-state index < -0.39 is 0 Å². The van der Waals surface area contributed by atoms with E-state index in [9.17, 15) is 0 Å². The van der Waals surface area contributed by atoms with Crippen LogP contribution in [0.15, 0.2) is 22.9 Å². The van der Waals surface area contributed by atoms with Gasteiger partial charge in [0.2, 0.25) is 0 Å². The first kappa shape index (κ1) is 12.8. The Kier molecular flexibility index (Phi) is 3.67. The van der Waals surface area contributed by atoms with Crippen molar-refractivity contribution in [2.75, 3.05) is 6.54 Å². The molecule has 1 saturated heterocycles. The van der Waals surface area contributed by atoms with Gasteiger partial charge in [0.15, 0.2) is 0 Å². The zero-order valence-electron chi connectivity index (χ0n) is 10.7. The highest BCUT2D eigenvalue weighted by Crippen LogP contribution is 2.34. The number of nitrogens with zero attached hydrogens (tertiary/aromatic N) is 2. The van der Waals surface area contributed by atoms with Crippen LogP contribution in [0.1, 0.15) is 36.8 Å². The smallest absolute Gasteiger partial charge is 0.123 e. The Balaban J connectivity index is 1.86. The standard InChI is InChI=1S/C15H16BrN3/c16-15-12(8-17)6-13(9-19-15)11-4-3-10-2-1-5-18-14(10)7-11/h4,6,9-10,14,18H,1-3,5,7H2/t10-,14+/m1/s1. The summed E-state index contributed by atoms with van der Waals surface area (Å²) < 4.78 is 0.629. The number of halogens is 1. The maximum atomic E-state index is 9.08. The molecule has 98 valence electrons. The van der Waals surface area contributed by atoms with Crippen LogP contribution in [0, 0.1) is 17.2 Å². The van der Waals surface area contributed by atoms with Crippen LogP contribution in [-0.4, -0.2) is 17.6 Å². The van der Waals surface area contributed by atoms with E-state index >= 15 is 0 Å². The topological polar surface area (TPSA) is 48.7 Å². The van der Waals surface area contributed by atoms with Crippen molar-refractivity contribution in [1.82, 2.24) is 10.3 Å². The monoisotopic (exact) mass is 317 g/mol. The van der Waals surface area contributed by atoms with Crippen LogP contribution in [0.5, 0.6) is 0 Å². The number of fused-ring (bicyclic) bond motifs is 1. The highest BCUT2D eigenvalue weighted by Gasteiger charge is 2.28. The molecule has 19 heavy (non-hydrogen) atoms. The first-order valence-electron chi connectivity index (χ1n) is 6.76. The molecular formula is C15H16BrN3. The lowest BCUT2D eigenvalue weighted by atomic mass is 9.78. The average Bonchev–Trinajstić information content (AvgIpc) is 2.47. The normalized spacial score (nSPS) is 26.2. The van der Waals surface area contributed by atoms with E-state index in [1.807, 2.05) is 12.3 Å². The van der Waals surface area contributed by atoms with Gasteiger partial charge < -0.3 is 5.32 Å². The van der Waals surface area contributed by atoms with Gasteiger partial charge in [-0.15, -0.1) is 0 Å². The first-order chi connectivity index (χ1) is 9.28. The van der Waals surface area contributed by atoms with Crippen molar-refractivity contribution in [3.8, 4) is 6.07 Å². The summed E-state index contributed by atoms with van der Waals surface area (Å²) in [7, 11) is 0. The van der Waals surface area contributed by atoms with Crippen LogP contribution in [0.25, 0.3) is 5.57 Å². The zero-order chi connectivity index (χ0) is 13.2. The SMILES string of the molecule is N#Cc1cc(C2=CC[C@H]3CCCN[C@H]3C2)cnc1Br. The van der Waals surface area contributed by atoms with Gasteiger partial charge in [-0.25, -0.2) is 4.98 Å². The summed E-state index contributed by atoms with van der Waals surface area (Å²) in [6.45, 7) is 1.14. The first-order valence-corrected chi connectivity index (χ1v) is 7.55. The molecule has 1 aromatic heterocycles. The Bertz CT molecular complexity index is 559. The fourth-order valence-corrected chi connectivity index (χ4v) is 3.40. The zero-order valence-corrected chi connectivity index (χ0v) is 12.3. The molecule has 0 saturated carbocycles. The van der Waals surface area contributed by atoms with Gasteiger partial charge in [0.1, 0.15) is 10.7 Å². The molecule has 0 bridgehead atoms. The van der Waals surface area contributed by atoms with Crippen molar-refractivity contribution in [3.63, 3.8) is 0 Å². The Hall–Kier alpha value is -1.18. The summed E-state index contributed by atoms with van der Waals surface area (Å²) in [6, 6.07) is 4.72. The van der Waals surface area contributed by atoms with Crippen molar-refractivity contribution in [3.05, 3.63) is 34.1 Å². The molecule has 2 aliphatic rings. The molecule has 1 N–H and O–H groups in total. The predicted molar refractivity (Wildman–Crippen MR) is 78.4 cm³/mol. The lowest BCUT2D eigenvalue weighted by Crippen LogP contribution is -2.42. The summed E-state index contributed by atoms with van der Waals surface area (Å²) in [6.07, 6.45) is 9.02. The second-order valence-electron chi connectivity index (χ2n) is 5.31. The third kappa shape index (κ3) is 2.58. The number of hydrogen-bond acceptors (Lipinski definition) is 3. The second-order valence-corrected chi connectivity index (χ2v) is 6.06. The molecule has 3 nitrogen and oxygen atoms in total. The van der Waals surface area contributed by atoms with Gasteiger partial charge in [-0.1, -0.05) is 6.08 Å². The number of pyridine rings is 1. The second kappa shape index (κ2) is 5.44. The molecule has 0 aromatic carbocycles. The molecule has 1 aliphatic heterocycles. The highest BCUT2D eigenvalue weighted by molar-refractivity contribution is 9.10. The minimum atomic E-state index is 0.600.